The molecule has 17 heavy (non-hydrogen) atoms. The Bertz CT molecular complexity index is 298. The summed E-state index contributed by atoms with van der Waals surface area (Å²) in [6.45, 7) is 0.716. The van der Waals surface area contributed by atoms with Gasteiger partial charge in [-0.15, -0.1) is 12.4 Å². The Labute approximate surface area is 107 Å². The maximum Gasteiger partial charge on any atom is 0.242 e. The lowest BCUT2D eigenvalue weighted by atomic mass is 10.0. The standard InChI is InChI=1S/C11H19N3O2.ClH/c12-8-4-1-3-7(8)10(15)14-9-5-2-6-13-11(9)16;/h7-9H,1-6,12H2,(H,13,16)(H,14,15);1H. The van der Waals surface area contributed by atoms with Crippen LogP contribution in [0.2, 0.25) is 0 Å². The first kappa shape index (κ1) is 14.3. The molecule has 1 aliphatic carbocycles. The van der Waals surface area contributed by atoms with E-state index in [-0.39, 0.29) is 42.2 Å². The van der Waals surface area contributed by atoms with E-state index in [2.05, 4.69) is 10.6 Å². The molecule has 98 valence electrons. The Morgan fingerprint density at radius 3 is 2.65 bits per heavy atom. The molecule has 0 radical (unpaired) electrons. The van der Waals surface area contributed by atoms with Crippen LogP contribution in [0.25, 0.3) is 0 Å². The Morgan fingerprint density at radius 2 is 2.06 bits per heavy atom. The molecule has 6 heteroatoms. The number of hydrogen-bond donors (Lipinski definition) is 3. The Kier molecular flexibility index (Phi) is 5.21. The van der Waals surface area contributed by atoms with Crippen molar-refractivity contribution in [3.63, 3.8) is 0 Å². The predicted octanol–water partition coefficient (Wildman–Crippen LogP) is -0.0696. The summed E-state index contributed by atoms with van der Waals surface area (Å²) in [6, 6.07) is -0.388. The third-order valence-electron chi connectivity index (χ3n) is 3.51. The van der Waals surface area contributed by atoms with Crippen molar-refractivity contribution in [2.75, 3.05) is 6.54 Å². The summed E-state index contributed by atoms with van der Waals surface area (Å²) in [5, 5.41) is 5.56. The van der Waals surface area contributed by atoms with Crippen LogP contribution in [0.4, 0.5) is 0 Å². The molecule has 0 aromatic rings. The number of carbonyl (C=O) groups excluding carboxylic acids is 2. The maximum atomic E-state index is 11.9. The first-order valence-corrected chi connectivity index (χ1v) is 6.02. The molecular weight excluding hydrogens is 242 g/mol. The van der Waals surface area contributed by atoms with Gasteiger partial charge in [0, 0.05) is 12.6 Å². The zero-order chi connectivity index (χ0) is 11.5. The number of nitrogens with two attached hydrogens (primary N) is 1. The molecule has 1 aliphatic heterocycles. The number of carbonyl (C=O) groups is 2. The minimum Gasteiger partial charge on any atom is -0.354 e. The number of amides is 2. The van der Waals surface area contributed by atoms with Crippen molar-refractivity contribution < 1.29 is 9.59 Å². The van der Waals surface area contributed by atoms with Crippen LogP contribution in [0.5, 0.6) is 0 Å². The van der Waals surface area contributed by atoms with E-state index < -0.39 is 0 Å². The smallest absolute Gasteiger partial charge is 0.242 e. The van der Waals surface area contributed by atoms with Gasteiger partial charge in [-0.05, 0) is 25.7 Å². The van der Waals surface area contributed by atoms with E-state index in [4.69, 9.17) is 5.73 Å². The maximum absolute atomic E-state index is 11.9. The number of piperidine rings is 1. The molecule has 2 aliphatic rings. The van der Waals surface area contributed by atoms with Gasteiger partial charge in [-0.3, -0.25) is 9.59 Å². The van der Waals surface area contributed by atoms with Gasteiger partial charge >= 0.3 is 0 Å². The Balaban J connectivity index is 0.00000144. The lowest BCUT2D eigenvalue weighted by Gasteiger charge is -2.25. The number of hydrogen-bond acceptors (Lipinski definition) is 3. The molecule has 1 heterocycles. The summed E-state index contributed by atoms with van der Waals surface area (Å²) in [5.74, 6) is -0.215. The average Bonchev–Trinajstić information content (AvgIpc) is 2.68. The quantitative estimate of drug-likeness (QED) is 0.651. The topological polar surface area (TPSA) is 84.2 Å². The second-order valence-corrected chi connectivity index (χ2v) is 4.70. The highest BCUT2D eigenvalue weighted by molar-refractivity contribution is 5.89. The molecule has 1 saturated heterocycles. The van der Waals surface area contributed by atoms with Gasteiger partial charge in [0.15, 0.2) is 0 Å². The van der Waals surface area contributed by atoms with Crippen molar-refractivity contribution in [1.29, 1.82) is 0 Å². The van der Waals surface area contributed by atoms with Gasteiger partial charge in [-0.25, -0.2) is 0 Å². The Morgan fingerprint density at radius 1 is 1.29 bits per heavy atom. The molecule has 5 nitrogen and oxygen atoms in total. The predicted molar refractivity (Wildman–Crippen MR) is 66.7 cm³/mol. The monoisotopic (exact) mass is 261 g/mol. The molecule has 2 rings (SSSR count). The van der Waals surface area contributed by atoms with Gasteiger partial charge in [0.05, 0.1) is 5.92 Å². The first-order chi connectivity index (χ1) is 7.68. The highest BCUT2D eigenvalue weighted by atomic mass is 35.5. The lowest BCUT2D eigenvalue weighted by molar-refractivity contribution is -0.132. The normalized spacial score (nSPS) is 32.5. The summed E-state index contributed by atoms with van der Waals surface area (Å²) >= 11 is 0. The van der Waals surface area contributed by atoms with E-state index in [9.17, 15) is 9.59 Å². The van der Waals surface area contributed by atoms with E-state index in [1.807, 2.05) is 0 Å². The van der Waals surface area contributed by atoms with Crippen molar-refractivity contribution in [2.24, 2.45) is 11.7 Å². The van der Waals surface area contributed by atoms with Crippen LogP contribution in [-0.2, 0) is 9.59 Å². The summed E-state index contributed by atoms with van der Waals surface area (Å²) in [7, 11) is 0. The first-order valence-electron chi connectivity index (χ1n) is 6.02. The molecule has 1 saturated carbocycles. The van der Waals surface area contributed by atoms with Gasteiger partial charge in [0.2, 0.25) is 11.8 Å². The third kappa shape index (κ3) is 3.33. The highest BCUT2D eigenvalue weighted by Crippen LogP contribution is 2.24. The van der Waals surface area contributed by atoms with Gasteiger partial charge in [0.1, 0.15) is 6.04 Å². The molecule has 0 bridgehead atoms. The van der Waals surface area contributed by atoms with Crippen LogP contribution < -0.4 is 16.4 Å². The molecule has 3 unspecified atom stereocenters. The second kappa shape index (κ2) is 6.21. The van der Waals surface area contributed by atoms with E-state index in [0.717, 1.165) is 32.1 Å². The summed E-state index contributed by atoms with van der Waals surface area (Å²) in [4.78, 5) is 23.4. The van der Waals surface area contributed by atoms with Crippen LogP contribution >= 0.6 is 12.4 Å². The lowest BCUT2D eigenvalue weighted by Crippen LogP contribution is -2.52. The van der Waals surface area contributed by atoms with Gasteiger partial charge in [-0.1, -0.05) is 6.42 Å². The van der Waals surface area contributed by atoms with Crippen molar-refractivity contribution in [1.82, 2.24) is 10.6 Å². The molecule has 2 amide bonds. The number of rotatable bonds is 2. The molecular formula is C11H20ClN3O2. The second-order valence-electron chi connectivity index (χ2n) is 4.70. The van der Waals surface area contributed by atoms with E-state index in [0.29, 0.717) is 6.54 Å². The fourth-order valence-electron chi connectivity index (χ4n) is 2.50. The van der Waals surface area contributed by atoms with Gasteiger partial charge in [0.25, 0.3) is 0 Å². The van der Waals surface area contributed by atoms with Crippen LogP contribution in [0.15, 0.2) is 0 Å². The van der Waals surface area contributed by atoms with Crippen LogP contribution in [-0.4, -0.2) is 30.4 Å². The highest BCUT2D eigenvalue weighted by Gasteiger charge is 2.33. The zero-order valence-electron chi connectivity index (χ0n) is 9.78. The van der Waals surface area contributed by atoms with E-state index in [1.165, 1.54) is 0 Å². The molecule has 2 fully saturated rings. The fraction of sp³-hybridized carbons (Fsp3) is 0.818. The van der Waals surface area contributed by atoms with E-state index >= 15 is 0 Å². The van der Waals surface area contributed by atoms with Crippen LogP contribution in [0.3, 0.4) is 0 Å². The molecule has 0 aromatic carbocycles. The summed E-state index contributed by atoms with van der Waals surface area (Å²) in [5.41, 5.74) is 5.86. The number of halogens is 1. The minimum absolute atomic E-state index is 0. The van der Waals surface area contributed by atoms with Crippen LogP contribution in [0.1, 0.15) is 32.1 Å². The Hall–Kier alpha value is -0.810. The van der Waals surface area contributed by atoms with Crippen molar-refractivity contribution in [3.05, 3.63) is 0 Å². The van der Waals surface area contributed by atoms with E-state index in [1.54, 1.807) is 0 Å². The van der Waals surface area contributed by atoms with Gasteiger partial charge < -0.3 is 16.4 Å². The van der Waals surface area contributed by atoms with Crippen molar-refractivity contribution in [2.45, 2.75) is 44.2 Å². The summed E-state index contributed by atoms with van der Waals surface area (Å²) in [6.07, 6.45) is 4.43. The molecule has 3 atom stereocenters. The average molecular weight is 262 g/mol. The summed E-state index contributed by atoms with van der Waals surface area (Å²) < 4.78 is 0. The third-order valence-corrected chi connectivity index (χ3v) is 3.51. The zero-order valence-corrected chi connectivity index (χ0v) is 10.6. The van der Waals surface area contributed by atoms with Crippen molar-refractivity contribution in [3.8, 4) is 0 Å². The number of nitrogens with one attached hydrogen (secondary N) is 2. The fourth-order valence-corrected chi connectivity index (χ4v) is 2.50. The molecule has 4 N–H and O–H groups in total. The molecule has 0 spiro atoms. The van der Waals surface area contributed by atoms with Gasteiger partial charge in [-0.2, -0.15) is 0 Å². The SMILES string of the molecule is Cl.NC1CCCC1C(=O)NC1CCCNC1=O. The largest absolute Gasteiger partial charge is 0.354 e. The molecule has 0 aromatic heterocycles. The van der Waals surface area contributed by atoms with Crippen LogP contribution in [0, 0.1) is 5.92 Å². The van der Waals surface area contributed by atoms with Crippen molar-refractivity contribution >= 4 is 24.2 Å². The minimum atomic E-state index is -0.353.